The van der Waals surface area contributed by atoms with Crippen molar-refractivity contribution < 1.29 is 19.2 Å². The number of hydrogen-bond acceptors (Lipinski definition) is 4. The molecular formula is C16H24N2O4. The summed E-state index contributed by atoms with van der Waals surface area (Å²) in [6.45, 7) is 5.33. The monoisotopic (exact) mass is 308 g/mol. The molecular weight excluding hydrogens is 284 g/mol. The molecule has 0 radical (unpaired) electrons. The fraction of sp³-hybridized carbons (Fsp3) is 0.500. The van der Waals surface area contributed by atoms with E-state index in [1.54, 1.807) is 20.8 Å². The molecule has 1 atom stereocenters. The van der Waals surface area contributed by atoms with E-state index in [0.29, 0.717) is 6.42 Å². The number of amides is 2. The zero-order valence-corrected chi connectivity index (χ0v) is 13.8. The van der Waals surface area contributed by atoms with E-state index in [1.807, 2.05) is 30.3 Å². The summed E-state index contributed by atoms with van der Waals surface area (Å²) in [6, 6.07) is 8.73. The molecule has 0 aliphatic carbocycles. The topological polar surface area (TPSA) is 67.9 Å². The lowest BCUT2D eigenvalue weighted by Gasteiger charge is -2.29. The van der Waals surface area contributed by atoms with Gasteiger partial charge in [0, 0.05) is 13.5 Å². The van der Waals surface area contributed by atoms with Crippen molar-refractivity contribution in [2.75, 3.05) is 14.2 Å². The van der Waals surface area contributed by atoms with Crippen LogP contribution in [0.2, 0.25) is 0 Å². The molecule has 0 aliphatic heterocycles. The second-order valence-electron chi connectivity index (χ2n) is 5.97. The van der Waals surface area contributed by atoms with Gasteiger partial charge in [-0.05, 0) is 26.3 Å². The van der Waals surface area contributed by atoms with E-state index in [4.69, 9.17) is 4.74 Å². The average Bonchev–Trinajstić information content (AvgIpc) is 2.43. The molecule has 0 aliphatic rings. The maximum absolute atomic E-state index is 12.2. The Hall–Kier alpha value is -2.08. The summed E-state index contributed by atoms with van der Waals surface area (Å²) in [5.41, 5.74) is 2.59. The number of carbonyl (C=O) groups is 2. The van der Waals surface area contributed by atoms with Crippen molar-refractivity contribution in [1.82, 2.24) is 10.4 Å². The lowest BCUT2D eigenvalue weighted by atomic mass is 10.0. The third kappa shape index (κ3) is 5.73. The summed E-state index contributed by atoms with van der Waals surface area (Å²) in [6.07, 6.45) is -0.189. The molecule has 0 heterocycles. The average molecular weight is 308 g/mol. The second-order valence-corrected chi connectivity index (χ2v) is 5.97. The third-order valence-electron chi connectivity index (χ3n) is 2.93. The maximum atomic E-state index is 12.2. The van der Waals surface area contributed by atoms with E-state index < -0.39 is 23.6 Å². The van der Waals surface area contributed by atoms with Crippen molar-refractivity contribution >= 4 is 12.0 Å². The highest BCUT2D eigenvalue weighted by atomic mass is 16.6. The SMILES string of the molecule is CONC(=O)[C@H](Cc1ccccc1)N(C)C(=O)OC(C)(C)C. The number of hydrogen-bond donors (Lipinski definition) is 1. The Balaban J connectivity index is 2.89. The van der Waals surface area contributed by atoms with Crippen LogP contribution in [0.3, 0.4) is 0 Å². The van der Waals surface area contributed by atoms with Crippen molar-refractivity contribution in [2.24, 2.45) is 0 Å². The molecule has 22 heavy (non-hydrogen) atoms. The number of carbonyl (C=O) groups excluding carboxylic acids is 2. The number of nitrogens with one attached hydrogen (secondary N) is 1. The van der Waals surface area contributed by atoms with Crippen LogP contribution >= 0.6 is 0 Å². The summed E-state index contributed by atoms with van der Waals surface area (Å²) in [5.74, 6) is -0.403. The summed E-state index contributed by atoms with van der Waals surface area (Å²) in [7, 11) is 2.89. The van der Waals surface area contributed by atoms with Gasteiger partial charge in [-0.1, -0.05) is 30.3 Å². The zero-order chi connectivity index (χ0) is 16.8. The molecule has 6 heteroatoms. The molecule has 122 valence electrons. The van der Waals surface area contributed by atoms with Crippen LogP contribution in [0.25, 0.3) is 0 Å². The molecule has 1 N–H and O–H groups in total. The van der Waals surface area contributed by atoms with Gasteiger partial charge in [-0.3, -0.25) is 14.5 Å². The van der Waals surface area contributed by atoms with E-state index in [2.05, 4.69) is 10.3 Å². The van der Waals surface area contributed by atoms with Gasteiger partial charge in [0.25, 0.3) is 5.91 Å². The number of benzene rings is 1. The number of hydroxylamine groups is 1. The van der Waals surface area contributed by atoms with Crippen LogP contribution in [-0.2, 0) is 20.8 Å². The van der Waals surface area contributed by atoms with E-state index in [0.717, 1.165) is 5.56 Å². The Morgan fingerprint density at radius 1 is 1.23 bits per heavy atom. The minimum atomic E-state index is -0.725. The van der Waals surface area contributed by atoms with Gasteiger partial charge in [-0.25, -0.2) is 10.3 Å². The molecule has 0 spiro atoms. The molecule has 2 amide bonds. The van der Waals surface area contributed by atoms with Gasteiger partial charge in [0.05, 0.1) is 7.11 Å². The third-order valence-corrected chi connectivity index (χ3v) is 2.93. The van der Waals surface area contributed by atoms with Gasteiger partial charge in [0.1, 0.15) is 11.6 Å². The van der Waals surface area contributed by atoms with E-state index in [1.165, 1.54) is 19.1 Å². The van der Waals surface area contributed by atoms with Gasteiger partial charge in [0.2, 0.25) is 0 Å². The predicted molar refractivity (Wildman–Crippen MR) is 83.1 cm³/mol. The summed E-state index contributed by atoms with van der Waals surface area (Å²) in [5, 5.41) is 0. The quantitative estimate of drug-likeness (QED) is 0.846. The fourth-order valence-electron chi connectivity index (χ4n) is 1.87. The molecule has 6 nitrogen and oxygen atoms in total. The van der Waals surface area contributed by atoms with Crippen LogP contribution in [0, 0.1) is 0 Å². The zero-order valence-electron chi connectivity index (χ0n) is 13.8. The first-order valence-electron chi connectivity index (χ1n) is 7.07. The molecule has 0 aromatic heterocycles. The number of ether oxygens (including phenoxy) is 1. The minimum Gasteiger partial charge on any atom is -0.444 e. The van der Waals surface area contributed by atoms with Crippen molar-refractivity contribution in [3.05, 3.63) is 35.9 Å². The molecule has 0 bridgehead atoms. The van der Waals surface area contributed by atoms with Crippen LogP contribution in [0.15, 0.2) is 30.3 Å². The summed E-state index contributed by atoms with van der Waals surface area (Å²) in [4.78, 5) is 30.3. The fourth-order valence-corrected chi connectivity index (χ4v) is 1.87. The lowest BCUT2D eigenvalue weighted by Crippen LogP contribution is -2.50. The highest BCUT2D eigenvalue weighted by Crippen LogP contribution is 2.14. The normalized spacial score (nSPS) is 12.4. The number of nitrogens with zero attached hydrogens (tertiary/aromatic N) is 1. The van der Waals surface area contributed by atoms with Gasteiger partial charge in [-0.2, -0.15) is 0 Å². The largest absolute Gasteiger partial charge is 0.444 e. The van der Waals surface area contributed by atoms with Crippen LogP contribution in [0.4, 0.5) is 4.79 Å². The molecule has 0 unspecified atom stereocenters. The molecule has 1 aromatic carbocycles. The number of likely N-dealkylation sites (N-methyl/N-ethyl adjacent to an activating group) is 1. The van der Waals surface area contributed by atoms with Gasteiger partial charge in [-0.15, -0.1) is 0 Å². The smallest absolute Gasteiger partial charge is 0.410 e. The van der Waals surface area contributed by atoms with Crippen molar-refractivity contribution in [3.63, 3.8) is 0 Å². The van der Waals surface area contributed by atoms with Crippen molar-refractivity contribution in [1.29, 1.82) is 0 Å². The van der Waals surface area contributed by atoms with Crippen LogP contribution < -0.4 is 5.48 Å². The predicted octanol–water partition coefficient (Wildman–Crippen LogP) is 2.14. The number of rotatable bonds is 5. The highest BCUT2D eigenvalue weighted by Gasteiger charge is 2.30. The molecule has 1 aromatic rings. The Labute approximate surface area is 131 Å². The maximum Gasteiger partial charge on any atom is 0.410 e. The van der Waals surface area contributed by atoms with E-state index >= 15 is 0 Å². The van der Waals surface area contributed by atoms with Crippen LogP contribution in [0.5, 0.6) is 0 Å². The highest BCUT2D eigenvalue weighted by molar-refractivity contribution is 5.85. The Bertz CT molecular complexity index is 497. The van der Waals surface area contributed by atoms with Gasteiger partial charge < -0.3 is 4.74 Å². The minimum absolute atomic E-state index is 0.367. The van der Waals surface area contributed by atoms with Crippen molar-refractivity contribution in [3.8, 4) is 0 Å². The first kappa shape index (κ1) is 18.0. The van der Waals surface area contributed by atoms with Crippen molar-refractivity contribution in [2.45, 2.75) is 38.8 Å². The first-order chi connectivity index (χ1) is 10.2. The molecule has 0 saturated carbocycles. The lowest BCUT2D eigenvalue weighted by molar-refractivity contribution is -0.136. The van der Waals surface area contributed by atoms with E-state index in [-0.39, 0.29) is 0 Å². The standard InChI is InChI=1S/C16H24N2O4/c1-16(2,3)22-15(20)18(4)13(14(19)17-21-5)11-12-9-7-6-8-10-12/h6-10,13H,11H2,1-5H3,(H,17,19)/t13-/m0/s1. The molecule has 0 saturated heterocycles. The molecule has 1 rings (SSSR count). The Kier molecular flexibility index (Phi) is 6.37. The first-order valence-corrected chi connectivity index (χ1v) is 7.07. The summed E-state index contributed by atoms with van der Waals surface area (Å²) >= 11 is 0. The Morgan fingerprint density at radius 3 is 2.32 bits per heavy atom. The van der Waals surface area contributed by atoms with Crippen LogP contribution in [0.1, 0.15) is 26.3 Å². The summed E-state index contributed by atoms with van der Waals surface area (Å²) < 4.78 is 5.31. The Morgan fingerprint density at radius 2 is 1.82 bits per heavy atom. The van der Waals surface area contributed by atoms with Gasteiger partial charge >= 0.3 is 6.09 Å². The second kappa shape index (κ2) is 7.79. The van der Waals surface area contributed by atoms with Gasteiger partial charge in [0.15, 0.2) is 0 Å². The van der Waals surface area contributed by atoms with E-state index in [9.17, 15) is 9.59 Å². The van der Waals surface area contributed by atoms with Crippen LogP contribution in [-0.4, -0.2) is 42.7 Å². The molecule has 0 fully saturated rings.